The third kappa shape index (κ3) is 6.25. The summed E-state index contributed by atoms with van der Waals surface area (Å²) in [5, 5.41) is 2.59. The fraction of sp³-hybridized carbons (Fsp3) is 0.263. The normalized spacial score (nSPS) is 10.2. The van der Waals surface area contributed by atoms with Crippen LogP contribution in [0.4, 0.5) is 4.39 Å². The molecule has 0 aliphatic rings. The highest BCUT2D eigenvalue weighted by atomic mass is 19.1. The second-order valence-electron chi connectivity index (χ2n) is 5.31. The molecule has 2 aromatic rings. The summed E-state index contributed by atoms with van der Waals surface area (Å²) in [6.07, 6.45) is 0.789. The van der Waals surface area contributed by atoms with Gasteiger partial charge >= 0.3 is 5.97 Å². The number of amides is 1. The predicted molar refractivity (Wildman–Crippen MR) is 90.5 cm³/mol. The summed E-state index contributed by atoms with van der Waals surface area (Å²) in [5.74, 6) is -0.772. The van der Waals surface area contributed by atoms with E-state index >= 15 is 0 Å². The molecule has 5 nitrogen and oxygen atoms in total. The number of hydrogen-bond acceptors (Lipinski definition) is 4. The van der Waals surface area contributed by atoms with Gasteiger partial charge in [0, 0.05) is 6.54 Å². The van der Waals surface area contributed by atoms with Gasteiger partial charge in [0.05, 0.1) is 0 Å². The van der Waals surface area contributed by atoms with Gasteiger partial charge in [-0.15, -0.1) is 0 Å². The third-order valence-electron chi connectivity index (χ3n) is 3.47. The van der Waals surface area contributed by atoms with E-state index in [9.17, 15) is 14.0 Å². The van der Waals surface area contributed by atoms with Gasteiger partial charge in [-0.25, -0.2) is 9.18 Å². The van der Waals surface area contributed by atoms with E-state index in [1.165, 1.54) is 12.1 Å². The van der Waals surface area contributed by atoms with Gasteiger partial charge in [-0.05, 0) is 35.7 Å². The maximum absolute atomic E-state index is 12.8. The summed E-state index contributed by atoms with van der Waals surface area (Å²) < 4.78 is 23.1. The van der Waals surface area contributed by atoms with E-state index in [0.717, 1.165) is 17.5 Å². The fourth-order valence-corrected chi connectivity index (χ4v) is 2.12. The molecule has 0 saturated heterocycles. The number of esters is 1. The first-order valence-electron chi connectivity index (χ1n) is 7.96. The van der Waals surface area contributed by atoms with E-state index in [4.69, 9.17) is 9.47 Å². The second kappa shape index (κ2) is 9.42. The molecule has 1 amide bonds. The highest BCUT2D eigenvalue weighted by Gasteiger charge is 2.09. The van der Waals surface area contributed by atoms with Gasteiger partial charge in [0.1, 0.15) is 11.6 Å². The highest BCUT2D eigenvalue weighted by Crippen LogP contribution is 2.18. The van der Waals surface area contributed by atoms with E-state index in [1.807, 2.05) is 25.1 Å². The number of carbonyl (C=O) groups excluding carboxylic acids is 2. The van der Waals surface area contributed by atoms with Crippen LogP contribution in [-0.2, 0) is 27.3 Å². The minimum absolute atomic E-state index is 0.233. The van der Waals surface area contributed by atoms with Crippen molar-refractivity contribution in [1.29, 1.82) is 0 Å². The van der Waals surface area contributed by atoms with E-state index in [-0.39, 0.29) is 19.0 Å². The fourth-order valence-electron chi connectivity index (χ4n) is 2.12. The van der Waals surface area contributed by atoms with Crippen LogP contribution in [0.25, 0.3) is 0 Å². The Kier molecular flexibility index (Phi) is 6.95. The SMILES string of the molecule is CCc1ccccc1OCC(=O)OCC(=O)NCc1ccc(F)cc1. The van der Waals surface area contributed by atoms with Crippen LogP contribution in [0.5, 0.6) is 5.75 Å². The van der Waals surface area contributed by atoms with E-state index in [0.29, 0.717) is 5.75 Å². The van der Waals surface area contributed by atoms with Crippen molar-refractivity contribution in [3.05, 3.63) is 65.5 Å². The maximum atomic E-state index is 12.8. The first-order chi connectivity index (χ1) is 12.1. The van der Waals surface area contributed by atoms with Gasteiger partial charge in [0.15, 0.2) is 13.2 Å². The maximum Gasteiger partial charge on any atom is 0.344 e. The van der Waals surface area contributed by atoms with Crippen LogP contribution in [0.15, 0.2) is 48.5 Å². The van der Waals surface area contributed by atoms with Crippen molar-refractivity contribution in [1.82, 2.24) is 5.32 Å². The Morgan fingerprint density at radius 3 is 2.48 bits per heavy atom. The molecule has 25 heavy (non-hydrogen) atoms. The van der Waals surface area contributed by atoms with E-state index in [2.05, 4.69) is 5.32 Å². The number of benzene rings is 2. The van der Waals surface area contributed by atoms with Crippen LogP contribution in [0.2, 0.25) is 0 Å². The van der Waals surface area contributed by atoms with Gasteiger partial charge < -0.3 is 14.8 Å². The topological polar surface area (TPSA) is 64.6 Å². The van der Waals surface area contributed by atoms with Gasteiger partial charge in [-0.2, -0.15) is 0 Å². The molecule has 0 heterocycles. The molecule has 0 atom stereocenters. The number of nitrogens with one attached hydrogen (secondary N) is 1. The zero-order chi connectivity index (χ0) is 18.1. The smallest absolute Gasteiger partial charge is 0.344 e. The van der Waals surface area contributed by atoms with Crippen LogP contribution < -0.4 is 10.1 Å². The van der Waals surface area contributed by atoms with Crippen molar-refractivity contribution in [3.8, 4) is 5.75 Å². The van der Waals surface area contributed by atoms with Crippen LogP contribution in [0.1, 0.15) is 18.1 Å². The molecule has 0 radical (unpaired) electrons. The Hall–Kier alpha value is -2.89. The minimum Gasteiger partial charge on any atom is -0.482 e. The summed E-state index contributed by atoms with van der Waals surface area (Å²) in [4.78, 5) is 23.3. The van der Waals surface area contributed by atoms with Crippen LogP contribution >= 0.6 is 0 Å². The molecule has 6 heteroatoms. The molecule has 0 spiro atoms. The number of halogens is 1. The van der Waals surface area contributed by atoms with Crippen molar-refractivity contribution >= 4 is 11.9 Å². The Morgan fingerprint density at radius 2 is 1.76 bits per heavy atom. The summed E-state index contributed by atoms with van der Waals surface area (Å²) >= 11 is 0. The molecular weight excluding hydrogens is 325 g/mol. The lowest BCUT2D eigenvalue weighted by atomic mass is 10.1. The van der Waals surface area contributed by atoms with Crippen molar-refractivity contribution in [2.45, 2.75) is 19.9 Å². The number of carbonyl (C=O) groups is 2. The molecular formula is C19H20FNO4. The molecule has 0 saturated carbocycles. The number of aryl methyl sites for hydroxylation is 1. The third-order valence-corrected chi connectivity index (χ3v) is 3.47. The lowest BCUT2D eigenvalue weighted by Crippen LogP contribution is -2.29. The zero-order valence-electron chi connectivity index (χ0n) is 14.0. The lowest BCUT2D eigenvalue weighted by Gasteiger charge is -2.10. The summed E-state index contributed by atoms with van der Waals surface area (Å²) in [7, 11) is 0. The predicted octanol–water partition coefficient (Wildman–Crippen LogP) is 2.63. The summed E-state index contributed by atoms with van der Waals surface area (Å²) in [6.45, 7) is 1.57. The number of hydrogen-bond donors (Lipinski definition) is 1. The molecule has 0 aliphatic carbocycles. The van der Waals surface area contributed by atoms with Crippen LogP contribution in [-0.4, -0.2) is 25.1 Å². The Balaban J connectivity index is 1.68. The van der Waals surface area contributed by atoms with E-state index < -0.39 is 18.5 Å². The van der Waals surface area contributed by atoms with Crippen molar-refractivity contribution < 1.29 is 23.5 Å². The molecule has 1 N–H and O–H groups in total. The van der Waals surface area contributed by atoms with E-state index in [1.54, 1.807) is 18.2 Å². The van der Waals surface area contributed by atoms with Gasteiger partial charge in [-0.3, -0.25) is 4.79 Å². The average Bonchev–Trinajstić information content (AvgIpc) is 2.64. The molecule has 0 aliphatic heterocycles. The summed E-state index contributed by atoms with van der Waals surface area (Å²) in [5.41, 5.74) is 1.74. The molecule has 2 aromatic carbocycles. The molecule has 0 fully saturated rings. The van der Waals surface area contributed by atoms with Gasteiger partial charge in [-0.1, -0.05) is 37.3 Å². The lowest BCUT2D eigenvalue weighted by molar-refractivity contribution is -0.150. The van der Waals surface area contributed by atoms with Gasteiger partial charge in [0.25, 0.3) is 5.91 Å². The monoisotopic (exact) mass is 345 g/mol. The second-order valence-corrected chi connectivity index (χ2v) is 5.31. The number of rotatable bonds is 8. The molecule has 132 valence electrons. The first kappa shape index (κ1) is 18.4. The molecule has 0 aromatic heterocycles. The van der Waals surface area contributed by atoms with Crippen molar-refractivity contribution in [2.24, 2.45) is 0 Å². The largest absolute Gasteiger partial charge is 0.482 e. The minimum atomic E-state index is -0.622. The zero-order valence-corrected chi connectivity index (χ0v) is 14.0. The van der Waals surface area contributed by atoms with Crippen molar-refractivity contribution in [3.63, 3.8) is 0 Å². The standard InChI is InChI=1S/C19H20FNO4/c1-2-15-5-3-4-6-17(15)24-13-19(23)25-12-18(22)21-11-14-7-9-16(20)10-8-14/h3-10H,2,11-13H2,1H3,(H,21,22). The van der Waals surface area contributed by atoms with Crippen molar-refractivity contribution in [2.75, 3.05) is 13.2 Å². The first-order valence-corrected chi connectivity index (χ1v) is 7.96. The number of para-hydroxylation sites is 1. The molecule has 0 unspecified atom stereocenters. The highest BCUT2D eigenvalue weighted by molar-refractivity contribution is 5.80. The van der Waals surface area contributed by atoms with Gasteiger partial charge in [0.2, 0.25) is 0 Å². The Morgan fingerprint density at radius 1 is 1.04 bits per heavy atom. The average molecular weight is 345 g/mol. The Bertz CT molecular complexity index is 716. The number of ether oxygens (including phenoxy) is 2. The quantitative estimate of drug-likeness (QED) is 0.747. The molecule has 0 bridgehead atoms. The summed E-state index contributed by atoms with van der Waals surface area (Å²) in [6, 6.07) is 13.2. The van der Waals surface area contributed by atoms with Crippen LogP contribution in [0, 0.1) is 5.82 Å². The Labute approximate surface area is 145 Å². The molecule has 2 rings (SSSR count). The van der Waals surface area contributed by atoms with Crippen LogP contribution in [0.3, 0.4) is 0 Å².